The predicted octanol–water partition coefficient (Wildman–Crippen LogP) is 1.91. The Morgan fingerprint density at radius 1 is 1.36 bits per heavy atom. The first kappa shape index (κ1) is 9.41. The highest BCUT2D eigenvalue weighted by atomic mass is 16.1. The minimum absolute atomic E-state index is 0.0596. The van der Waals surface area contributed by atoms with Crippen LogP contribution in [0.3, 0.4) is 0 Å². The third-order valence-electron chi connectivity index (χ3n) is 2.78. The summed E-state index contributed by atoms with van der Waals surface area (Å²) in [6.45, 7) is 4.95. The Morgan fingerprint density at radius 2 is 2.14 bits per heavy atom. The van der Waals surface area contributed by atoms with Gasteiger partial charge in [-0.1, -0.05) is 23.8 Å². The maximum absolute atomic E-state index is 11.5. The zero-order valence-electron chi connectivity index (χ0n) is 8.63. The molecule has 0 amide bonds. The van der Waals surface area contributed by atoms with Gasteiger partial charge < -0.3 is 5.32 Å². The van der Waals surface area contributed by atoms with Crippen LogP contribution in [0.1, 0.15) is 29.2 Å². The standard InChI is InChI=1S/C12H15NO/c1-8-3-4-10(9(2)7-8)12-11(14)5-6-13-12/h3-4,7,12-13H,5-6H2,1-2H3. The first-order valence-corrected chi connectivity index (χ1v) is 5.02. The summed E-state index contributed by atoms with van der Waals surface area (Å²) in [4.78, 5) is 11.5. The summed E-state index contributed by atoms with van der Waals surface area (Å²) in [7, 11) is 0. The topological polar surface area (TPSA) is 29.1 Å². The van der Waals surface area contributed by atoms with Crippen LogP contribution in [-0.2, 0) is 4.79 Å². The second-order valence-electron chi connectivity index (χ2n) is 3.96. The molecule has 1 saturated heterocycles. The minimum Gasteiger partial charge on any atom is -0.303 e. The summed E-state index contributed by atoms with van der Waals surface area (Å²) in [6, 6.07) is 6.19. The number of nitrogens with one attached hydrogen (secondary N) is 1. The highest BCUT2D eigenvalue weighted by molar-refractivity contribution is 5.87. The number of rotatable bonds is 1. The highest BCUT2D eigenvalue weighted by Gasteiger charge is 2.26. The maximum atomic E-state index is 11.5. The van der Waals surface area contributed by atoms with E-state index in [-0.39, 0.29) is 6.04 Å². The lowest BCUT2D eigenvalue weighted by molar-refractivity contribution is -0.118. The third-order valence-corrected chi connectivity index (χ3v) is 2.78. The fourth-order valence-electron chi connectivity index (χ4n) is 2.03. The minimum atomic E-state index is -0.0596. The fourth-order valence-corrected chi connectivity index (χ4v) is 2.03. The molecule has 1 unspecified atom stereocenters. The number of benzene rings is 1. The Hall–Kier alpha value is -1.15. The second kappa shape index (κ2) is 3.54. The molecule has 74 valence electrons. The molecule has 0 bridgehead atoms. The molecule has 2 heteroatoms. The van der Waals surface area contributed by atoms with Gasteiger partial charge in [-0.2, -0.15) is 0 Å². The summed E-state index contributed by atoms with van der Waals surface area (Å²) in [6.07, 6.45) is 0.665. The van der Waals surface area contributed by atoms with Gasteiger partial charge in [0.25, 0.3) is 0 Å². The van der Waals surface area contributed by atoms with Crippen molar-refractivity contribution in [3.8, 4) is 0 Å². The Labute approximate surface area is 84.3 Å². The molecule has 0 aliphatic carbocycles. The lowest BCUT2D eigenvalue weighted by Gasteiger charge is -2.12. The van der Waals surface area contributed by atoms with E-state index >= 15 is 0 Å². The molecule has 0 saturated carbocycles. The van der Waals surface area contributed by atoms with Gasteiger partial charge in [-0.25, -0.2) is 0 Å². The zero-order chi connectivity index (χ0) is 10.1. The number of carbonyl (C=O) groups is 1. The van der Waals surface area contributed by atoms with Gasteiger partial charge in [0.05, 0.1) is 6.04 Å². The van der Waals surface area contributed by atoms with Crippen LogP contribution >= 0.6 is 0 Å². The van der Waals surface area contributed by atoms with E-state index in [1.807, 2.05) is 0 Å². The van der Waals surface area contributed by atoms with E-state index < -0.39 is 0 Å². The van der Waals surface area contributed by atoms with Crippen molar-refractivity contribution in [3.05, 3.63) is 34.9 Å². The van der Waals surface area contributed by atoms with Crippen LogP contribution in [0.5, 0.6) is 0 Å². The van der Waals surface area contributed by atoms with Crippen molar-refractivity contribution in [2.75, 3.05) is 6.54 Å². The van der Waals surface area contributed by atoms with Crippen molar-refractivity contribution in [1.82, 2.24) is 5.32 Å². The number of aryl methyl sites for hydroxylation is 2. The second-order valence-corrected chi connectivity index (χ2v) is 3.96. The van der Waals surface area contributed by atoms with Crippen molar-refractivity contribution in [3.63, 3.8) is 0 Å². The van der Waals surface area contributed by atoms with Crippen LogP contribution < -0.4 is 5.32 Å². The lowest BCUT2D eigenvalue weighted by Crippen LogP contribution is -2.18. The van der Waals surface area contributed by atoms with Gasteiger partial charge in [-0.3, -0.25) is 4.79 Å². The summed E-state index contributed by atoms with van der Waals surface area (Å²) in [5, 5.41) is 3.23. The molecule has 2 nitrogen and oxygen atoms in total. The largest absolute Gasteiger partial charge is 0.303 e. The van der Waals surface area contributed by atoms with Gasteiger partial charge >= 0.3 is 0 Å². The number of hydrogen-bond acceptors (Lipinski definition) is 2. The first-order chi connectivity index (χ1) is 6.68. The summed E-state index contributed by atoms with van der Waals surface area (Å²) in [5.41, 5.74) is 3.59. The number of carbonyl (C=O) groups excluding carboxylic acids is 1. The van der Waals surface area contributed by atoms with Gasteiger partial charge in [0, 0.05) is 13.0 Å². The molecule has 14 heavy (non-hydrogen) atoms. The molecule has 1 atom stereocenters. The van der Waals surface area contributed by atoms with E-state index in [0.29, 0.717) is 12.2 Å². The van der Waals surface area contributed by atoms with Gasteiger partial charge in [0.1, 0.15) is 0 Å². The van der Waals surface area contributed by atoms with Crippen molar-refractivity contribution in [1.29, 1.82) is 0 Å². The van der Waals surface area contributed by atoms with Crippen LogP contribution in [0.4, 0.5) is 0 Å². The molecular weight excluding hydrogens is 174 g/mol. The predicted molar refractivity (Wildman–Crippen MR) is 56.3 cm³/mol. The molecule has 0 spiro atoms. The number of ketones is 1. The average Bonchev–Trinajstić information content (AvgIpc) is 2.52. The van der Waals surface area contributed by atoms with E-state index in [9.17, 15) is 4.79 Å². The van der Waals surface area contributed by atoms with Gasteiger partial charge in [0.15, 0.2) is 5.78 Å². The van der Waals surface area contributed by atoms with E-state index in [4.69, 9.17) is 0 Å². The maximum Gasteiger partial charge on any atom is 0.155 e. The Balaban J connectivity index is 2.36. The summed E-state index contributed by atoms with van der Waals surface area (Å²) in [5.74, 6) is 0.317. The van der Waals surface area contributed by atoms with Crippen LogP contribution in [0, 0.1) is 13.8 Å². The van der Waals surface area contributed by atoms with Crippen molar-refractivity contribution in [2.45, 2.75) is 26.3 Å². The van der Waals surface area contributed by atoms with Crippen molar-refractivity contribution >= 4 is 5.78 Å². The molecule has 0 aromatic heterocycles. The molecule has 1 aliphatic rings. The SMILES string of the molecule is Cc1ccc(C2NCCC2=O)c(C)c1. The first-order valence-electron chi connectivity index (χ1n) is 5.02. The van der Waals surface area contributed by atoms with E-state index in [0.717, 1.165) is 12.1 Å². The molecule has 1 fully saturated rings. The molecule has 2 rings (SSSR count). The molecule has 1 heterocycles. The Kier molecular flexibility index (Phi) is 2.38. The third kappa shape index (κ3) is 1.58. The van der Waals surface area contributed by atoms with E-state index in [2.05, 4.69) is 37.4 Å². The van der Waals surface area contributed by atoms with Gasteiger partial charge in [-0.15, -0.1) is 0 Å². The molecular formula is C12H15NO. The van der Waals surface area contributed by atoms with Gasteiger partial charge in [-0.05, 0) is 25.0 Å². The zero-order valence-corrected chi connectivity index (χ0v) is 8.63. The quantitative estimate of drug-likeness (QED) is 0.731. The number of Topliss-reactive ketones (excluding diaryl/α,β-unsaturated/α-hetero) is 1. The summed E-state index contributed by atoms with van der Waals surface area (Å²) < 4.78 is 0. The lowest BCUT2D eigenvalue weighted by atomic mass is 9.98. The highest BCUT2D eigenvalue weighted by Crippen LogP contribution is 2.23. The molecule has 1 aromatic carbocycles. The van der Waals surface area contributed by atoms with Crippen LogP contribution in [-0.4, -0.2) is 12.3 Å². The molecule has 0 radical (unpaired) electrons. The van der Waals surface area contributed by atoms with Gasteiger partial charge in [0.2, 0.25) is 0 Å². The Bertz CT molecular complexity index is 371. The molecule has 1 aromatic rings. The van der Waals surface area contributed by atoms with E-state index in [1.165, 1.54) is 11.1 Å². The van der Waals surface area contributed by atoms with Crippen LogP contribution in [0.15, 0.2) is 18.2 Å². The fraction of sp³-hybridized carbons (Fsp3) is 0.417. The molecule has 1 aliphatic heterocycles. The number of hydrogen-bond donors (Lipinski definition) is 1. The average molecular weight is 189 g/mol. The van der Waals surface area contributed by atoms with Crippen LogP contribution in [0.25, 0.3) is 0 Å². The van der Waals surface area contributed by atoms with Crippen LogP contribution in [0.2, 0.25) is 0 Å². The van der Waals surface area contributed by atoms with Crippen molar-refractivity contribution in [2.24, 2.45) is 0 Å². The normalized spacial score (nSPS) is 21.6. The smallest absolute Gasteiger partial charge is 0.155 e. The van der Waals surface area contributed by atoms with Crippen molar-refractivity contribution < 1.29 is 4.79 Å². The Morgan fingerprint density at radius 3 is 2.71 bits per heavy atom. The molecule has 1 N–H and O–H groups in total. The van der Waals surface area contributed by atoms with E-state index in [1.54, 1.807) is 0 Å². The summed E-state index contributed by atoms with van der Waals surface area (Å²) >= 11 is 0. The monoisotopic (exact) mass is 189 g/mol.